The summed E-state index contributed by atoms with van der Waals surface area (Å²) in [6.07, 6.45) is 5.23. The summed E-state index contributed by atoms with van der Waals surface area (Å²) in [4.78, 5) is 11.6. The summed E-state index contributed by atoms with van der Waals surface area (Å²) >= 11 is 0. The van der Waals surface area contributed by atoms with Gasteiger partial charge in [0.25, 0.3) is 0 Å². The first-order valence-corrected chi connectivity index (χ1v) is 5.56. The lowest BCUT2D eigenvalue weighted by molar-refractivity contribution is -0.143. The molecule has 1 N–H and O–H groups in total. The van der Waals surface area contributed by atoms with Crippen molar-refractivity contribution < 1.29 is 9.53 Å². The van der Waals surface area contributed by atoms with Gasteiger partial charge in [0.15, 0.2) is 0 Å². The molecular formula is C12H19N3O2. The van der Waals surface area contributed by atoms with E-state index in [4.69, 9.17) is 4.74 Å². The number of ether oxygens (including phenoxy) is 1. The summed E-state index contributed by atoms with van der Waals surface area (Å²) in [5.41, 5.74) is 0.799. The van der Waals surface area contributed by atoms with Crippen LogP contribution in [-0.4, -0.2) is 29.4 Å². The van der Waals surface area contributed by atoms with E-state index in [0.717, 1.165) is 5.56 Å². The highest BCUT2D eigenvalue weighted by atomic mass is 16.5. The zero-order valence-corrected chi connectivity index (χ0v) is 10.5. The minimum atomic E-state index is -0.495. The van der Waals surface area contributed by atoms with E-state index < -0.39 is 6.04 Å². The van der Waals surface area contributed by atoms with Crippen LogP contribution in [0.1, 0.15) is 31.5 Å². The van der Waals surface area contributed by atoms with Crippen LogP contribution < -0.4 is 5.32 Å². The first-order chi connectivity index (χ1) is 8.10. The molecule has 0 aliphatic rings. The summed E-state index contributed by atoms with van der Waals surface area (Å²) in [6, 6.07) is -0.230. The molecule has 0 fully saturated rings. The van der Waals surface area contributed by atoms with E-state index in [9.17, 15) is 4.79 Å². The first kappa shape index (κ1) is 13.4. The minimum absolute atomic E-state index is 0.265. The van der Waals surface area contributed by atoms with Gasteiger partial charge >= 0.3 is 5.97 Å². The zero-order valence-electron chi connectivity index (χ0n) is 10.5. The van der Waals surface area contributed by atoms with Crippen LogP contribution in [0, 0.1) is 0 Å². The summed E-state index contributed by atoms with van der Waals surface area (Å²) < 4.78 is 6.57. The van der Waals surface area contributed by atoms with Crippen LogP contribution >= 0.6 is 0 Å². The maximum atomic E-state index is 11.6. The van der Waals surface area contributed by atoms with Crippen LogP contribution in [0.25, 0.3) is 0 Å². The average Bonchev–Trinajstić information content (AvgIpc) is 2.78. The van der Waals surface area contributed by atoms with Gasteiger partial charge in [0, 0.05) is 24.3 Å². The Kier molecular flexibility index (Phi) is 4.90. The third-order valence-corrected chi connectivity index (χ3v) is 2.39. The van der Waals surface area contributed by atoms with Crippen LogP contribution in [0.3, 0.4) is 0 Å². The molecule has 0 saturated heterocycles. The molecule has 0 bridgehead atoms. The third kappa shape index (κ3) is 3.42. The van der Waals surface area contributed by atoms with E-state index >= 15 is 0 Å². The standard InChI is InChI=1S/C12H19N3O2/c1-5-6-13-11(12(16)17-4)10-7-14-15(8-10)9(2)3/h5,7-9,11,13H,1,6H2,2-4H3. The number of carbonyl (C=O) groups is 1. The van der Waals surface area contributed by atoms with E-state index in [-0.39, 0.29) is 12.0 Å². The maximum absolute atomic E-state index is 11.6. The highest BCUT2D eigenvalue weighted by Crippen LogP contribution is 2.15. The Balaban J connectivity index is 2.87. The number of nitrogens with zero attached hydrogens (tertiary/aromatic N) is 2. The maximum Gasteiger partial charge on any atom is 0.327 e. The molecule has 0 saturated carbocycles. The second-order valence-electron chi connectivity index (χ2n) is 4.00. The van der Waals surface area contributed by atoms with Gasteiger partial charge in [0.1, 0.15) is 6.04 Å². The molecule has 1 heterocycles. The molecule has 17 heavy (non-hydrogen) atoms. The Labute approximate surface area is 101 Å². The normalized spacial score (nSPS) is 12.5. The van der Waals surface area contributed by atoms with Crippen molar-refractivity contribution in [3.05, 3.63) is 30.6 Å². The molecule has 0 aromatic carbocycles. The monoisotopic (exact) mass is 237 g/mol. The van der Waals surface area contributed by atoms with Gasteiger partial charge in [-0.25, -0.2) is 4.79 Å². The molecule has 0 amide bonds. The topological polar surface area (TPSA) is 56.1 Å². The molecule has 1 rings (SSSR count). The van der Waals surface area contributed by atoms with Crippen LogP contribution in [0.15, 0.2) is 25.0 Å². The fourth-order valence-corrected chi connectivity index (χ4v) is 1.44. The first-order valence-electron chi connectivity index (χ1n) is 5.56. The van der Waals surface area contributed by atoms with E-state index in [0.29, 0.717) is 6.54 Å². The lowest BCUT2D eigenvalue weighted by atomic mass is 10.1. The number of hydrogen-bond donors (Lipinski definition) is 1. The summed E-state index contributed by atoms with van der Waals surface area (Å²) in [7, 11) is 1.37. The Hall–Kier alpha value is -1.62. The quantitative estimate of drug-likeness (QED) is 0.601. The molecule has 0 radical (unpaired) electrons. The molecule has 0 spiro atoms. The van der Waals surface area contributed by atoms with Gasteiger partial charge in [-0.15, -0.1) is 6.58 Å². The van der Waals surface area contributed by atoms with Crippen molar-refractivity contribution >= 4 is 5.97 Å². The predicted octanol–water partition coefficient (Wildman–Crippen LogP) is 1.45. The highest BCUT2D eigenvalue weighted by molar-refractivity contribution is 5.77. The molecule has 1 aromatic heterocycles. The molecule has 5 nitrogen and oxygen atoms in total. The van der Waals surface area contributed by atoms with Crippen molar-refractivity contribution in [1.29, 1.82) is 0 Å². The average molecular weight is 237 g/mol. The second kappa shape index (κ2) is 6.20. The molecule has 5 heteroatoms. The highest BCUT2D eigenvalue weighted by Gasteiger charge is 2.22. The number of esters is 1. The van der Waals surface area contributed by atoms with E-state index in [1.807, 2.05) is 20.0 Å². The van der Waals surface area contributed by atoms with E-state index in [1.54, 1.807) is 17.0 Å². The Morgan fingerprint density at radius 3 is 2.88 bits per heavy atom. The van der Waals surface area contributed by atoms with Gasteiger partial charge in [-0.2, -0.15) is 5.10 Å². The van der Waals surface area contributed by atoms with E-state index in [2.05, 4.69) is 17.0 Å². The lowest BCUT2D eigenvalue weighted by Crippen LogP contribution is -2.29. The number of carbonyl (C=O) groups excluding carboxylic acids is 1. The van der Waals surface area contributed by atoms with Gasteiger partial charge < -0.3 is 4.74 Å². The van der Waals surface area contributed by atoms with Gasteiger partial charge in [-0.1, -0.05) is 6.08 Å². The van der Waals surface area contributed by atoms with Crippen LogP contribution in [0.2, 0.25) is 0 Å². The number of hydrogen-bond acceptors (Lipinski definition) is 4. The summed E-state index contributed by atoms with van der Waals surface area (Å²) in [5.74, 6) is -0.324. The Bertz CT molecular complexity index is 385. The van der Waals surface area contributed by atoms with Crippen molar-refractivity contribution in [2.24, 2.45) is 0 Å². The Morgan fingerprint density at radius 2 is 2.41 bits per heavy atom. The molecule has 1 aromatic rings. The van der Waals surface area contributed by atoms with Crippen LogP contribution in [0.4, 0.5) is 0 Å². The predicted molar refractivity (Wildman–Crippen MR) is 65.6 cm³/mol. The van der Waals surface area contributed by atoms with Crippen molar-refractivity contribution in [3.8, 4) is 0 Å². The second-order valence-corrected chi connectivity index (χ2v) is 4.00. The third-order valence-electron chi connectivity index (χ3n) is 2.39. The van der Waals surface area contributed by atoms with E-state index in [1.165, 1.54) is 7.11 Å². The van der Waals surface area contributed by atoms with Crippen molar-refractivity contribution in [2.45, 2.75) is 25.9 Å². The number of rotatable bonds is 6. The van der Waals surface area contributed by atoms with Crippen molar-refractivity contribution in [1.82, 2.24) is 15.1 Å². The molecule has 0 aliphatic carbocycles. The van der Waals surface area contributed by atoms with Gasteiger partial charge in [0.05, 0.1) is 13.3 Å². The van der Waals surface area contributed by atoms with Crippen molar-refractivity contribution in [3.63, 3.8) is 0 Å². The fourth-order valence-electron chi connectivity index (χ4n) is 1.44. The number of nitrogens with one attached hydrogen (secondary N) is 1. The molecular weight excluding hydrogens is 218 g/mol. The fraction of sp³-hybridized carbons (Fsp3) is 0.500. The Morgan fingerprint density at radius 1 is 1.71 bits per heavy atom. The van der Waals surface area contributed by atoms with Gasteiger partial charge in [0.2, 0.25) is 0 Å². The largest absolute Gasteiger partial charge is 0.468 e. The van der Waals surface area contributed by atoms with Crippen LogP contribution in [0.5, 0.6) is 0 Å². The molecule has 94 valence electrons. The number of methoxy groups -OCH3 is 1. The minimum Gasteiger partial charge on any atom is -0.468 e. The van der Waals surface area contributed by atoms with Crippen molar-refractivity contribution in [2.75, 3.05) is 13.7 Å². The smallest absolute Gasteiger partial charge is 0.327 e. The zero-order chi connectivity index (χ0) is 12.8. The van der Waals surface area contributed by atoms with Gasteiger partial charge in [-0.05, 0) is 13.8 Å². The molecule has 1 unspecified atom stereocenters. The van der Waals surface area contributed by atoms with Gasteiger partial charge in [-0.3, -0.25) is 10.00 Å². The number of aromatic nitrogens is 2. The summed E-state index contributed by atoms with van der Waals surface area (Å²) in [6.45, 7) is 8.20. The molecule has 1 atom stereocenters. The SMILES string of the molecule is C=CCNC(C(=O)OC)c1cnn(C(C)C)c1. The molecule has 0 aliphatic heterocycles. The summed E-state index contributed by atoms with van der Waals surface area (Å²) in [5, 5.41) is 7.25. The van der Waals surface area contributed by atoms with Crippen LogP contribution in [-0.2, 0) is 9.53 Å². The lowest BCUT2D eigenvalue weighted by Gasteiger charge is -2.13.